The van der Waals surface area contributed by atoms with Crippen LogP contribution in [0.1, 0.15) is 26.3 Å². The third-order valence-electron chi connectivity index (χ3n) is 2.92. The molecule has 0 spiro atoms. The van der Waals surface area contributed by atoms with Gasteiger partial charge in [0.25, 0.3) is 5.56 Å². The van der Waals surface area contributed by atoms with Crippen LogP contribution < -0.4 is 10.3 Å². The number of ether oxygens (including phenoxy) is 1. The van der Waals surface area contributed by atoms with Gasteiger partial charge in [-0.3, -0.25) is 4.79 Å². The van der Waals surface area contributed by atoms with Crippen LogP contribution in [0.3, 0.4) is 0 Å². The topological polar surface area (TPSA) is 42.1 Å². The fourth-order valence-corrected chi connectivity index (χ4v) is 1.98. The summed E-state index contributed by atoms with van der Waals surface area (Å²) in [7, 11) is 1.63. The largest absolute Gasteiger partial charge is 0.497 e. The third kappa shape index (κ3) is 2.05. The van der Waals surface area contributed by atoms with Crippen LogP contribution in [0.2, 0.25) is 0 Å². The molecule has 3 heteroatoms. The molecule has 3 nitrogen and oxygen atoms in total. The van der Waals surface area contributed by atoms with Gasteiger partial charge in [-0.2, -0.15) is 0 Å². The van der Waals surface area contributed by atoms with Gasteiger partial charge < -0.3 is 9.72 Å². The zero-order valence-corrected chi connectivity index (χ0v) is 10.6. The lowest BCUT2D eigenvalue weighted by Gasteiger charge is -2.21. The van der Waals surface area contributed by atoms with Crippen LogP contribution in [0.15, 0.2) is 29.2 Å². The molecule has 0 fully saturated rings. The number of hydrogen-bond donors (Lipinski definition) is 1. The van der Waals surface area contributed by atoms with Crippen LogP contribution in [0, 0.1) is 0 Å². The molecule has 0 unspecified atom stereocenters. The number of rotatable bonds is 1. The zero-order valence-electron chi connectivity index (χ0n) is 10.6. The molecule has 0 amide bonds. The normalized spacial score (nSPS) is 11.8. The van der Waals surface area contributed by atoms with Crippen LogP contribution in [0.25, 0.3) is 10.8 Å². The zero-order chi connectivity index (χ0) is 12.6. The van der Waals surface area contributed by atoms with Crippen LogP contribution in [0.5, 0.6) is 5.75 Å². The van der Waals surface area contributed by atoms with E-state index in [9.17, 15) is 4.79 Å². The molecule has 1 N–H and O–H groups in total. The van der Waals surface area contributed by atoms with Crippen LogP contribution in [-0.2, 0) is 5.41 Å². The van der Waals surface area contributed by atoms with Crippen molar-refractivity contribution < 1.29 is 4.74 Å². The van der Waals surface area contributed by atoms with E-state index in [1.165, 1.54) is 0 Å². The quantitative estimate of drug-likeness (QED) is 0.820. The van der Waals surface area contributed by atoms with E-state index in [0.717, 1.165) is 16.7 Å². The molecule has 1 aromatic heterocycles. The number of nitrogens with one attached hydrogen (secondary N) is 1. The van der Waals surface area contributed by atoms with Crippen LogP contribution >= 0.6 is 0 Å². The van der Waals surface area contributed by atoms with Gasteiger partial charge in [0, 0.05) is 11.6 Å². The molecule has 90 valence electrons. The number of benzene rings is 1. The summed E-state index contributed by atoms with van der Waals surface area (Å²) in [5, 5.41) is 1.67. The number of hydrogen-bond acceptors (Lipinski definition) is 2. The van der Waals surface area contributed by atoms with E-state index >= 15 is 0 Å². The summed E-state index contributed by atoms with van der Waals surface area (Å²) in [5.74, 6) is 0.772. The lowest BCUT2D eigenvalue weighted by molar-refractivity contribution is 0.415. The average molecular weight is 231 g/mol. The van der Waals surface area contributed by atoms with Crippen molar-refractivity contribution in [2.24, 2.45) is 0 Å². The maximum Gasteiger partial charge on any atom is 0.255 e. The SMILES string of the molecule is COc1ccc2c(=O)[nH]cc(C(C)(C)C)c2c1. The van der Waals surface area contributed by atoms with Gasteiger partial charge in [0.2, 0.25) is 0 Å². The van der Waals surface area contributed by atoms with Gasteiger partial charge in [0.1, 0.15) is 5.75 Å². The van der Waals surface area contributed by atoms with E-state index < -0.39 is 0 Å². The molecular weight excluding hydrogens is 214 g/mol. The second-order valence-electron chi connectivity index (χ2n) is 5.19. The summed E-state index contributed by atoms with van der Waals surface area (Å²) in [6.07, 6.45) is 1.80. The highest BCUT2D eigenvalue weighted by Gasteiger charge is 2.18. The van der Waals surface area contributed by atoms with E-state index in [2.05, 4.69) is 25.8 Å². The minimum absolute atomic E-state index is 0.0190. The Hall–Kier alpha value is -1.77. The Morgan fingerprint density at radius 2 is 1.88 bits per heavy atom. The average Bonchev–Trinajstić information content (AvgIpc) is 2.27. The van der Waals surface area contributed by atoms with Crippen molar-refractivity contribution in [2.45, 2.75) is 26.2 Å². The van der Waals surface area contributed by atoms with E-state index in [1.54, 1.807) is 13.3 Å². The molecule has 1 heterocycles. The number of aromatic nitrogens is 1. The second-order valence-corrected chi connectivity index (χ2v) is 5.19. The van der Waals surface area contributed by atoms with Crippen molar-refractivity contribution in [3.05, 3.63) is 40.3 Å². The van der Waals surface area contributed by atoms with Crippen LogP contribution in [0.4, 0.5) is 0 Å². The smallest absolute Gasteiger partial charge is 0.255 e. The van der Waals surface area contributed by atoms with E-state index in [-0.39, 0.29) is 11.0 Å². The molecule has 0 aliphatic heterocycles. The first-order valence-electron chi connectivity index (χ1n) is 5.63. The van der Waals surface area contributed by atoms with Crippen molar-refractivity contribution in [1.82, 2.24) is 4.98 Å². The maximum absolute atomic E-state index is 11.8. The number of methoxy groups -OCH3 is 1. The van der Waals surface area contributed by atoms with Crippen molar-refractivity contribution in [1.29, 1.82) is 0 Å². The minimum Gasteiger partial charge on any atom is -0.497 e. The molecule has 0 atom stereocenters. The Kier molecular flexibility index (Phi) is 2.69. The van der Waals surface area contributed by atoms with Gasteiger partial charge >= 0.3 is 0 Å². The van der Waals surface area contributed by atoms with Crippen molar-refractivity contribution in [3.63, 3.8) is 0 Å². The van der Waals surface area contributed by atoms with E-state index in [4.69, 9.17) is 4.74 Å². The first-order chi connectivity index (χ1) is 7.93. The van der Waals surface area contributed by atoms with Gasteiger partial charge in [0.05, 0.1) is 7.11 Å². The first kappa shape index (κ1) is 11.7. The Labute approximate surface area is 100 Å². The predicted octanol–water partition coefficient (Wildman–Crippen LogP) is 2.83. The fourth-order valence-electron chi connectivity index (χ4n) is 1.98. The van der Waals surface area contributed by atoms with Crippen molar-refractivity contribution >= 4 is 10.8 Å². The highest BCUT2D eigenvalue weighted by Crippen LogP contribution is 2.29. The molecule has 2 rings (SSSR count). The monoisotopic (exact) mass is 231 g/mol. The summed E-state index contributed by atoms with van der Waals surface area (Å²) in [6.45, 7) is 6.37. The first-order valence-corrected chi connectivity index (χ1v) is 5.63. The summed E-state index contributed by atoms with van der Waals surface area (Å²) in [5.41, 5.74) is 1.04. The predicted molar refractivity (Wildman–Crippen MR) is 69.8 cm³/mol. The number of fused-ring (bicyclic) bond motifs is 1. The lowest BCUT2D eigenvalue weighted by atomic mass is 9.85. The molecule has 0 saturated heterocycles. The summed E-state index contributed by atoms with van der Waals surface area (Å²) in [4.78, 5) is 14.6. The molecule has 1 aromatic carbocycles. The molecule has 2 aromatic rings. The Morgan fingerprint density at radius 1 is 1.18 bits per heavy atom. The number of pyridine rings is 1. The lowest BCUT2D eigenvalue weighted by Crippen LogP contribution is -2.16. The fraction of sp³-hybridized carbons (Fsp3) is 0.357. The Morgan fingerprint density at radius 3 is 2.47 bits per heavy atom. The van der Waals surface area contributed by atoms with Gasteiger partial charge in [-0.25, -0.2) is 0 Å². The molecule has 0 saturated carbocycles. The molecule has 0 aliphatic rings. The van der Waals surface area contributed by atoms with Crippen molar-refractivity contribution in [2.75, 3.05) is 7.11 Å². The molecular formula is C14H17NO2. The Bertz CT molecular complexity index is 606. The number of aromatic amines is 1. The third-order valence-corrected chi connectivity index (χ3v) is 2.92. The Balaban J connectivity index is 2.86. The summed E-state index contributed by atoms with van der Waals surface area (Å²) >= 11 is 0. The van der Waals surface area contributed by atoms with Gasteiger partial charge in [0.15, 0.2) is 0 Å². The van der Waals surface area contributed by atoms with Crippen LogP contribution in [-0.4, -0.2) is 12.1 Å². The highest BCUT2D eigenvalue weighted by atomic mass is 16.5. The van der Waals surface area contributed by atoms with Gasteiger partial charge in [-0.05, 0) is 34.6 Å². The number of H-pyrrole nitrogens is 1. The molecule has 0 radical (unpaired) electrons. The maximum atomic E-state index is 11.8. The van der Waals surface area contributed by atoms with E-state index in [1.807, 2.05) is 18.2 Å². The molecule has 0 aliphatic carbocycles. The van der Waals surface area contributed by atoms with Crippen molar-refractivity contribution in [3.8, 4) is 5.75 Å². The molecule has 17 heavy (non-hydrogen) atoms. The van der Waals surface area contributed by atoms with Gasteiger partial charge in [-0.15, -0.1) is 0 Å². The summed E-state index contributed by atoms with van der Waals surface area (Å²) < 4.78 is 5.22. The highest BCUT2D eigenvalue weighted by molar-refractivity contribution is 5.86. The standard InChI is InChI=1S/C14H17NO2/c1-14(2,3)12-8-15-13(16)10-6-5-9(17-4)7-11(10)12/h5-8H,1-4H3,(H,15,16). The van der Waals surface area contributed by atoms with Gasteiger partial charge in [-0.1, -0.05) is 20.8 Å². The molecule has 0 bridgehead atoms. The second kappa shape index (κ2) is 3.91. The minimum atomic E-state index is -0.0596. The van der Waals surface area contributed by atoms with E-state index in [0.29, 0.717) is 5.39 Å². The summed E-state index contributed by atoms with van der Waals surface area (Å²) in [6, 6.07) is 5.54.